The van der Waals surface area contributed by atoms with Crippen LogP contribution < -0.4 is 5.32 Å². The largest absolute Gasteiger partial charge is 0.351 e. The van der Waals surface area contributed by atoms with E-state index in [1.54, 1.807) is 12.1 Å². The lowest BCUT2D eigenvalue weighted by atomic mass is 10.1. The highest BCUT2D eigenvalue weighted by molar-refractivity contribution is 8.00. The fraction of sp³-hybridized carbons (Fsp3) is 0.160. The van der Waals surface area contributed by atoms with E-state index in [9.17, 15) is 9.18 Å². The molecule has 0 saturated heterocycles. The van der Waals surface area contributed by atoms with Gasteiger partial charge in [-0.1, -0.05) is 73.3 Å². The van der Waals surface area contributed by atoms with Crippen molar-refractivity contribution >= 4 is 28.4 Å². The number of carbonyl (C=O) groups excluding carboxylic acids is 1. The summed E-state index contributed by atoms with van der Waals surface area (Å²) in [7, 11) is 0. The summed E-state index contributed by atoms with van der Waals surface area (Å²) < 4.78 is 13.3. The lowest BCUT2D eigenvalue weighted by molar-refractivity contribution is -0.120. The molecule has 156 valence electrons. The van der Waals surface area contributed by atoms with E-state index in [-0.39, 0.29) is 17.0 Å². The van der Waals surface area contributed by atoms with Crippen LogP contribution in [0.1, 0.15) is 18.9 Å². The van der Waals surface area contributed by atoms with Gasteiger partial charge in [0.15, 0.2) is 0 Å². The number of benzene rings is 3. The summed E-state index contributed by atoms with van der Waals surface area (Å²) in [5.74, 6) is -0.315. The van der Waals surface area contributed by atoms with Crippen LogP contribution in [0.2, 0.25) is 0 Å². The molecule has 0 fully saturated rings. The zero-order valence-electron chi connectivity index (χ0n) is 17.1. The molecule has 0 radical (unpaired) electrons. The average molecular weight is 432 g/mol. The van der Waals surface area contributed by atoms with Gasteiger partial charge >= 0.3 is 0 Å². The number of nitrogens with zero attached hydrogens (tertiary/aromatic N) is 2. The van der Waals surface area contributed by atoms with Crippen LogP contribution in [0.3, 0.4) is 0 Å². The quantitative estimate of drug-likeness (QED) is 0.386. The van der Waals surface area contributed by atoms with Crippen molar-refractivity contribution in [3.05, 3.63) is 90.2 Å². The molecular formula is C25H22FN3OS. The number of amides is 1. The Kier molecular flexibility index (Phi) is 6.57. The summed E-state index contributed by atoms with van der Waals surface area (Å²) in [6.45, 7) is 2.48. The maximum absolute atomic E-state index is 13.3. The Balaban J connectivity index is 1.58. The monoisotopic (exact) mass is 431 g/mol. The first kappa shape index (κ1) is 21.0. The molecule has 0 saturated carbocycles. The predicted molar refractivity (Wildman–Crippen MR) is 123 cm³/mol. The van der Waals surface area contributed by atoms with Crippen molar-refractivity contribution in [2.75, 3.05) is 0 Å². The highest BCUT2D eigenvalue weighted by atomic mass is 32.2. The number of hydrogen-bond acceptors (Lipinski definition) is 4. The van der Waals surface area contributed by atoms with Gasteiger partial charge in [0.1, 0.15) is 16.5 Å². The first-order chi connectivity index (χ1) is 15.2. The van der Waals surface area contributed by atoms with Crippen molar-refractivity contribution in [3.8, 4) is 11.3 Å². The third-order valence-electron chi connectivity index (χ3n) is 5.00. The summed E-state index contributed by atoms with van der Waals surface area (Å²) in [6, 6.07) is 23.9. The number of aromatic nitrogens is 2. The van der Waals surface area contributed by atoms with Gasteiger partial charge in [0.05, 0.1) is 5.25 Å². The molecule has 1 N–H and O–H groups in total. The van der Waals surface area contributed by atoms with Gasteiger partial charge in [-0.05, 0) is 36.2 Å². The van der Waals surface area contributed by atoms with E-state index in [1.807, 2.05) is 61.5 Å². The van der Waals surface area contributed by atoms with E-state index in [0.717, 1.165) is 21.9 Å². The number of halogens is 1. The number of rotatable bonds is 7. The molecule has 3 aromatic carbocycles. The zero-order chi connectivity index (χ0) is 21.6. The number of fused-ring (bicyclic) bond motifs is 1. The molecule has 1 amide bonds. The number of thioether (sulfide) groups is 1. The second-order valence-corrected chi connectivity index (χ2v) is 8.32. The third kappa shape index (κ3) is 4.91. The van der Waals surface area contributed by atoms with Gasteiger partial charge in [-0.3, -0.25) is 4.79 Å². The molecule has 0 aliphatic carbocycles. The first-order valence-electron chi connectivity index (χ1n) is 10.2. The molecule has 4 rings (SSSR count). The number of nitrogens with one attached hydrogen (secondary N) is 1. The Morgan fingerprint density at radius 2 is 1.61 bits per heavy atom. The zero-order valence-corrected chi connectivity index (χ0v) is 17.9. The van der Waals surface area contributed by atoms with Gasteiger partial charge in [-0.25, -0.2) is 4.39 Å². The Hall–Kier alpha value is -3.25. The SMILES string of the molecule is CCC(Sc1nnc(-c2ccc(F)cc2)c2ccccc12)C(=O)NCc1ccccc1. The Labute approximate surface area is 184 Å². The molecule has 6 heteroatoms. The molecule has 1 unspecified atom stereocenters. The van der Waals surface area contributed by atoms with Crippen molar-refractivity contribution in [1.29, 1.82) is 0 Å². The average Bonchev–Trinajstić information content (AvgIpc) is 2.82. The normalized spacial score (nSPS) is 11.9. The summed E-state index contributed by atoms with van der Waals surface area (Å²) in [5.41, 5.74) is 2.56. The molecule has 31 heavy (non-hydrogen) atoms. The van der Waals surface area contributed by atoms with Crippen molar-refractivity contribution in [1.82, 2.24) is 15.5 Å². The summed E-state index contributed by atoms with van der Waals surface area (Å²) >= 11 is 1.42. The summed E-state index contributed by atoms with van der Waals surface area (Å²) in [4.78, 5) is 12.8. The molecule has 0 aliphatic heterocycles. The fourth-order valence-electron chi connectivity index (χ4n) is 3.34. The first-order valence-corrected chi connectivity index (χ1v) is 11.0. The Bertz CT molecular complexity index is 1180. The second kappa shape index (κ2) is 9.71. The fourth-order valence-corrected chi connectivity index (χ4v) is 4.36. The minimum absolute atomic E-state index is 0.0233. The second-order valence-electron chi connectivity index (χ2n) is 7.12. The Morgan fingerprint density at radius 3 is 2.32 bits per heavy atom. The smallest absolute Gasteiger partial charge is 0.233 e. The minimum atomic E-state index is -0.291. The topological polar surface area (TPSA) is 54.9 Å². The van der Waals surface area contributed by atoms with E-state index in [0.29, 0.717) is 23.7 Å². The molecule has 1 atom stereocenters. The van der Waals surface area contributed by atoms with Crippen molar-refractivity contribution in [2.24, 2.45) is 0 Å². The van der Waals surface area contributed by atoms with E-state index in [2.05, 4.69) is 15.5 Å². The van der Waals surface area contributed by atoms with E-state index >= 15 is 0 Å². The standard InChI is InChI=1S/C25H22FN3OS/c1-2-22(24(30)27-16-17-8-4-3-5-9-17)31-25-21-11-7-6-10-20(21)23(28-29-25)18-12-14-19(26)15-13-18/h3-15,22H,2,16H2,1H3,(H,27,30). The van der Waals surface area contributed by atoms with Crippen LogP contribution in [0.4, 0.5) is 4.39 Å². The van der Waals surface area contributed by atoms with Crippen LogP contribution in [0.15, 0.2) is 83.9 Å². The van der Waals surface area contributed by atoms with E-state index in [4.69, 9.17) is 0 Å². The predicted octanol–water partition coefficient (Wildman–Crippen LogP) is 5.62. The third-order valence-corrected chi connectivity index (χ3v) is 6.35. The van der Waals surface area contributed by atoms with Gasteiger partial charge in [-0.2, -0.15) is 0 Å². The molecule has 1 aromatic heterocycles. The molecule has 1 heterocycles. The van der Waals surface area contributed by atoms with Gasteiger partial charge in [0.25, 0.3) is 0 Å². The number of hydrogen-bond donors (Lipinski definition) is 1. The van der Waals surface area contributed by atoms with Crippen LogP contribution >= 0.6 is 11.8 Å². The summed E-state index contributed by atoms with van der Waals surface area (Å²) in [6.07, 6.45) is 0.668. The molecule has 4 aromatic rings. The van der Waals surface area contributed by atoms with Crippen LogP contribution in [-0.4, -0.2) is 21.4 Å². The Morgan fingerprint density at radius 1 is 0.935 bits per heavy atom. The van der Waals surface area contributed by atoms with E-state index < -0.39 is 0 Å². The minimum Gasteiger partial charge on any atom is -0.351 e. The summed E-state index contributed by atoms with van der Waals surface area (Å²) in [5, 5.41) is 14.2. The van der Waals surface area contributed by atoms with Gasteiger partial charge < -0.3 is 5.32 Å². The van der Waals surface area contributed by atoms with Crippen molar-refractivity contribution in [2.45, 2.75) is 30.2 Å². The van der Waals surface area contributed by atoms with Crippen LogP contribution in [0, 0.1) is 5.82 Å². The maximum Gasteiger partial charge on any atom is 0.233 e. The van der Waals surface area contributed by atoms with Crippen LogP contribution in [0.5, 0.6) is 0 Å². The van der Waals surface area contributed by atoms with Crippen LogP contribution in [0.25, 0.3) is 22.0 Å². The molecule has 0 bridgehead atoms. The van der Waals surface area contributed by atoms with Crippen molar-refractivity contribution in [3.63, 3.8) is 0 Å². The van der Waals surface area contributed by atoms with Crippen LogP contribution in [-0.2, 0) is 11.3 Å². The molecular weight excluding hydrogens is 409 g/mol. The highest BCUT2D eigenvalue weighted by Crippen LogP contribution is 2.34. The molecule has 4 nitrogen and oxygen atoms in total. The number of carbonyl (C=O) groups is 1. The molecule has 0 spiro atoms. The van der Waals surface area contributed by atoms with Gasteiger partial charge in [-0.15, -0.1) is 10.2 Å². The van der Waals surface area contributed by atoms with Gasteiger partial charge in [0.2, 0.25) is 5.91 Å². The van der Waals surface area contributed by atoms with Crippen molar-refractivity contribution < 1.29 is 9.18 Å². The molecule has 0 aliphatic rings. The van der Waals surface area contributed by atoms with Gasteiger partial charge in [0, 0.05) is 22.9 Å². The maximum atomic E-state index is 13.3. The highest BCUT2D eigenvalue weighted by Gasteiger charge is 2.21. The van der Waals surface area contributed by atoms with E-state index in [1.165, 1.54) is 23.9 Å². The lowest BCUT2D eigenvalue weighted by Gasteiger charge is -2.16. The lowest BCUT2D eigenvalue weighted by Crippen LogP contribution is -2.32.